The molecule has 3 nitrogen and oxygen atoms in total. The first-order chi connectivity index (χ1) is 7.54. The van der Waals surface area contributed by atoms with Gasteiger partial charge in [-0.2, -0.15) is 0 Å². The quantitative estimate of drug-likeness (QED) is 0.763. The lowest BCUT2D eigenvalue weighted by Gasteiger charge is -2.11. The number of carbonyl (C=O) groups excluding carboxylic acids is 1. The number of halogens is 1. The summed E-state index contributed by atoms with van der Waals surface area (Å²) in [5, 5.41) is 11.5. The smallest absolute Gasteiger partial charge is 0.254 e. The lowest BCUT2D eigenvalue weighted by molar-refractivity contribution is 0.0937. The van der Waals surface area contributed by atoms with Crippen LogP contribution >= 0.6 is 0 Å². The zero-order chi connectivity index (χ0) is 12.1. The summed E-state index contributed by atoms with van der Waals surface area (Å²) in [6.45, 7) is 1.73. The Morgan fingerprint density at radius 1 is 1.69 bits per heavy atom. The van der Waals surface area contributed by atoms with Crippen LogP contribution in [0.2, 0.25) is 0 Å². The van der Waals surface area contributed by atoms with Crippen molar-refractivity contribution in [1.82, 2.24) is 5.32 Å². The van der Waals surface area contributed by atoms with Gasteiger partial charge in [-0.3, -0.25) is 4.79 Å². The second-order valence-electron chi connectivity index (χ2n) is 3.45. The van der Waals surface area contributed by atoms with Crippen molar-refractivity contribution in [2.45, 2.75) is 19.4 Å². The third-order valence-electron chi connectivity index (χ3n) is 2.00. The van der Waals surface area contributed by atoms with E-state index in [1.54, 1.807) is 6.92 Å². The summed E-state index contributed by atoms with van der Waals surface area (Å²) >= 11 is 0. The van der Waals surface area contributed by atoms with E-state index in [1.165, 1.54) is 12.1 Å². The maximum Gasteiger partial charge on any atom is 0.254 e. The molecule has 0 radical (unpaired) electrons. The van der Waals surface area contributed by atoms with Crippen LogP contribution in [-0.4, -0.2) is 17.1 Å². The normalized spacial score (nSPS) is 11.6. The second kappa shape index (κ2) is 5.17. The van der Waals surface area contributed by atoms with Crippen molar-refractivity contribution in [2.24, 2.45) is 0 Å². The average Bonchev–Trinajstić information content (AvgIpc) is 2.17. The number of phenols is 1. The molecule has 1 atom stereocenters. The molecule has 0 aliphatic heterocycles. The van der Waals surface area contributed by atoms with E-state index in [1.807, 2.05) is 0 Å². The maximum atomic E-state index is 13.3. The minimum absolute atomic E-state index is 0.110. The van der Waals surface area contributed by atoms with Gasteiger partial charge in [-0.1, -0.05) is 0 Å². The molecule has 1 unspecified atom stereocenters. The third-order valence-corrected chi connectivity index (χ3v) is 2.00. The van der Waals surface area contributed by atoms with Crippen molar-refractivity contribution in [3.63, 3.8) is 0 Å². The standard InChI is InChI=1S/C12H12FNO2/c1-3-4-8(2)14-12(16)10-6-5-9(15)7-11(10)13/h1,5-8,15H,4H2,2H3,(H,14,16). The fourth-order valence-electron chi connectivity index (χ4n) is 1.22. The Morgan fingerprint density at radius 2 is 2.38 bits per heavy atom. The number of carbonyl (C=O) groups is 1. The van der Waals surface area contributed by atoms with Gasteiger partial charge in [0.05, 0.1) is 5.56 Å². The number of benzene rings is 1. The van der Waals surface area contributed by atoms with Gasteiger partial charge in [0.2, 0.25) is 0 Å². The number of hydrogen-bond donors (Lipinski definition) is 2. The first-order valence-electron chi connectivity index (χ1n) is 4.77. The first kappa shape index (κ1) is 12.1. The van der Waals surface area contributed by atoms with Crippen molar-refractivity contribution in [3.05, 3.63) is 29.6 Å². The molecular formula is C12H12FNO2. The molecule has 0 heterocycles. The van der Waals surface area contributed by atoms with E-state index < -0.39 is 11.7 Å². The number of phenolic OH excluding ortho intramolecular Hbond substituents is 1. The van der Waals surface area contributed by atoms with Crippen molar-refractivity contribution in [1.29, 1.82) is 0 Å². The van der Waals surface area contributed by atoms with Crippen LogP contribution in [0.25, 0.3) is 0 Å². The van der Waals surface area contributed by atoms with Gasteiger partial charge in [-0.15, -0.1) is 12.3 Å². The average molecular weight is 221 g/mol. The van der Waals surface area contributed by atoms with Gasteiger partial charge in [0, 0.05) is 18.5 Å². The highest BCUT2D eigenvalue weighted by atomic mass is 19.1. The van der Waals surface area contributed by atoms with Gasteiger partial charge in [-0.05, 0) is 19.1 Å². The predicted molar refractivity (Wildman–Crippen MR) is 58.4 cm³/mol. The van der Waals surface area contributed by atoms with Crippen LogP contribution in [-0.2, 0) is 0 Å². The molecule has 0 saturated carbocycles. The molecule has 0 aromatic heterocycles. The molecule has 2 N–H and O–H groups in total. The molecule has 0 saturated heterocycles. The molecule has 0 bridgehead atoms. The summed E-state index contributed by atoms with van der Waals surface area (Å²) in [4.78, 5) is 11.6. The van der Waals surface area contributed by atoms with Crippen LogP contribution in [0.4, 0.5) is 4.39 Å². The number of nitrogens with one attached hydrogen (secondary N) is 1. The first-order valence-corrected chi connectivity index (χ1v) is 4.77. The SMILES string of the molecule is C#CCC(C)NC(=O)c1ccc(O)cc1F. The molecule has 0 fully saturated rings. The van der Waals surface area contributed by atoms with E-state index in [-0.39, 0.29) is 17.4 Å². The van der Waals surface area contributed by atoms with Gasteiger partial charge >= 0.3 is 0 Å². The zero-order valence-corrected chi connectivity index (χ0v) is 8.83. The number of amides is 1. The largest absolute Gasteiger partial charge is 0.508 e. The molecule has 16 heavy (non-hydrogen) atoms. The molecule has 0 aliphatic rings. The summed E-state index contributed by atoms with van der Waals surface area (Å²) in [5.74, 6) is 0.882. The molecule has 1 aromatic carbocycles. The summed E-state index contributed by atoms with van der Waals surface area (Å²) in [6, 6.07) is 3.15. The van der Waals surface area contributed by atoms with E-state index in [2.05, 4.69) is 11.2 Å². The van der Waals surface area contributed by atoms with E-state index in [0.717, 1.165) is 6.07 Å². The second-order valence-corrected chi connectivity index (χ2v) is 3.45. The van der Waals surface area contributed by atoms with Crippen LogP contribution in [0.3, 0.4) is 0 Å². The number of hydrogen-bond acceptors (Lipinski definition) is 2. The zero-order valence-electron chi connectivity index (χ0n) is 8.83. The predicted octanol–water partition coefficient (Wildman–Crippen LogP) is 1.67. The fourth-order valence-corrected chi connectivity index (χ4v) is 1.22. The van der Waals surface area contributed by atoms with Crippen molar-refractivity contribution in [3.8, 4) is 18.1 Å². The number of rotatable bonds is 3. The van der Waals surface area contributed by atoms with Crippen molar-refractivity contribution in [2.75, 3.05) is 0 Å². The maximum absolute atomic E-state index is 13.3. The molecule has 0 spiro atoms. The summed E-state index contributed by atoms with van der Waals surface area (Å²) in [7, 11) is 0. The Kier molecular flexibility index (Phi) is 3.90. The molecule has 0 aliphatic carbocycles. The highest BCUT2D eigenvalue weighted by molar-refractivity contribution is 5.94. The Balaban J connectivity index is 2.78. The monoisotopic (exact) mass is 221 g/mol. The van der Waals surface area contributed by atoms with Crippen LogP contribution < -0.4 is 5.32 Å². The van der Waals surface area contributed by atoms with Gasteiger partial charge < -0.3 is 10.4 Å². The summed E-state index contributed by atoms with van der Waals surface area (Å²) in [5.41, 5.74) is -0.110. The lowest BCUT2D eigenvalue weighted by Crippen LogP contribution is -2.32. The van der Waals surface area contributed by atoms with Crippen LogP contribution in [0.15, 0.2) is 18.2 Å². The van der Waals surface area contributed by atoms with Crippen LogP contribution in [0.1, 0.15) is 23.7 Å². The highest BCUT2D eigenvalue weighted by Gasteiger charge is 2.13. The van der Waals surface area contributed by atoms with E-state index in [9.17, 15) is 9.18 Å². The molecule has 1 rings (SSSR count). The Labute approximate surface area is 93.3 Å². The van der Waals surface area contributed by atoms with Gasteiger partial charge in [0.15, 0.2) is 0 Å². The minimum Gasteiger partial charge on any atom is -0.508 e. The summed E-state index contributed by atoms with van der Waals surface area (Å²) in [6.07, 6.45) is 5.47. The fraction of sp³-hybridized carbons (Fsp3) is 0.250. The van der Waals surface area contributed by atoms with Crippen molar-refractivity contribution >= 4 is 5.91 Å². The molecule has 1 amide bonds. The number of aromatic hydroxyl groups is 1. The number of terminal acetylenes is 1. The van der Waals surface area contributed by atoms with Crippen molar-refractivity contribution < 1.29 is 14.3 Å². The van der Waals surface area contributed by atoms with E-state index in [4.69, 9.17) is 11.5 Å². The molecule has 1 aromatic rings. The molecule has 4 heteroatoms. The van der Waals surface area contributed by atoms with Gasteiger partial charge in [0.25, 0.3) is 5.91 Å². The molecular weight excluding hydrogens is 209 g/mol. The molecule has 84 valence electrons. The topological polar surface area (TPSA) is 49.3 Å². The Morgan fingerprint density at radius 3 is 2.94 bits per heavy atom. The minimum atomic E-state index is -0.759. The van der Waals surface area contributed by atoms with E-state index in [0.29, 0.717) is 6.42 Å². The Bertz CT molecular complexity index is 437. The van der Waals surface area contributed by atoms with Crippen LogP contribution in [0.5, 0.6) is 5.75 Å². The van der Waals surface area contributed by atoms with Gasteiger partial charge in [-0.25, -0.2) is 4.39 Å². The summed E-state index contributed by atoms with van der Waals surface area (Å²) < 4.78 is 13.3. The van der Waals surface area contributed by atoms with Crippen LogP contribution in [0, 0.1) is 18.2 Å². The highest BCUT2D eigenvalue weighted by Crippen LogP contribution is 2.15. The lowest BCUT2D eigenvalue weighted by atomic mass is 10.1. The Hall–Kier alpha value is -2.02. The van der Waals surface area contributed by atoms with Gasteiger partial charge in [0.1, 0.15) is 11.6 Å². The van der Waals surface area contributed by atoms with E-state index >= 15 is 0 Å². The third kappa shape index (κ3) is 2.99.